The largest absolute Gasteiger partial charge is 0.491 e. The van der Waals surface area contributed by atoms with Crippen molar-refractivity contribution in [3.8, 4) is 28.3 Å². The minimum Gasteiger partial charge on any atom is -0.491 e. The predicted molar refractivity (Wildman–Crippen MR) is 98.3 cm³/mol. The fourth-order valence-electron chi connectivity index (χ4n) is 2.99. The minimum absolute atomic E-state index is 0.214. The maximum atomic E-state index is 5.88. The molecule has 128 valence electrons. The number of nitrogen functional groups attached to an aromatic ring is 1. The summed E-state index contributed by atoms with van der Waals surface area (Å²) >= 11 is 0. The lowest BCUT2D eigenvalue weighted by molar-refractivity contribution is 0.0680. The number of hydrogen-bond donors (Lipinski definition) is 2. The summed E-state index contributed by atoms with van der Waals surface area (Å²) in [6.45, 7) is 1.44. The normalized spacial score (nSPS) is 16.9. The summed E-state index contributed by atoms with van der Waals surface area (Å²) in [4.78, 5) is 0. The van der Waals surface area contributed by atoms with Gasteiger partial charge in [0.15, 0.2) is 0 Å². The quantitative estimate of drug-likeness (QED) is 0.694. The van der Waals surface area contributed by atoms with Crippen LogP contribution in [-0.2, 0) is 4.74 Å². The van der Waals surface area contributed by atoms with E-state index in [9.17, 15) is 0 Å². The first-order valence-corrected chi connectivity index (χ1v) is 8.54. The molecule has 1 fully saturated rings. The predicted octanol–water partition coefficient (Wildman–Crippen LogP) is 3.88. The van der Waals surface area contributed by atoms with E-state index in [2.05, 4.69) is 10.2 Å². The van der Waals surface area contributed by atoms with Crippen molar-refractivity contribution < 1.29 is 9.47 Å². The smallest absolute Gasteiger partial charge is 0.120 e. The topological polar surface area (TPSA) is 73.2 Å². The molecule has 3 aromatic rings. The van der Waals surface area contributed by atoms with Gasteiger partial charge in [0.25, 0.3) is 0 Å². The molecule has 0 amide bonds. The van der Waals surface area contributed by atoms with Gasteiger partial charge >= 0.3 is 0 Å². The molecule has 1 aromatic heterocycles. The van der Waals surface area contributed by atoms with Crippen molar-refractivity contribution in [2.75, 3.05) is 18.9 Å². The van der Waals surface area contributed by atoms with Crippen molar-refractivity contribution in [2.24, 2.45) is 0 Å². The van der Waals surface area contributed by atoms with Gasteiger partial charge in [0.05, 0.1) is 17.5 Å². The van der Waals surface area contributed by atoms with E-state index in [-0.39, 0.29) is 6.10 Å². The van der Waals surface area contributed by atoms with Gasteiger partial charge in [-0.2, -0.15) is 5.10 Å². The zero-order valence-electron chi connectivity index (χ0n) is 13.9. The number of ether oxygens (including phenoxy) is 2. The number of rotatable bonds is 5. The van der Waals surface area contributed by atoms with Crippen molar-refractivity contribution in [1.82, 2.24) is 10.2 Å². The third kappa shape index (κ3) is 3.67. The average molecular weight is 335 g/mol. The molecule has 3 N–H and O–H groups in total. The highest BCUT2D eigenvalue weighted by molar-refractivity contribution is 5.69. The summed E-state index contributed by atoms with van der Waals surface area (Å²) in [7, 11) is 0. The average Bonchev–Trinajstić information content (AvgIpc) is 3.33. The Hall–Kier alpha value is -2.79. The second kappa shape index (κ2) is 6.99. The van der Waals surface area contributed by atoms with E-state index in [0.29, 0.717) is 6.61 Å². The monoisotopic (exact) mass is 335 g/mol. The molecule has 0 spiro atoms. The number of aromatic amines is 1. The van der Waals surface area contributed by atoms with Crippen molar-refractivity contribution in [3.05, 3.63) is 54.6 Å². The summed E-state index contributed by atoms with van der Waals surface area (Å²) < 4.78 is 11.5. The maximum absolute atomic E-state index is 5.88. The molecule has 0 bridgehead atoms. The first kappa shape index (κ1) is 15.7. The molecule has 0 saturated carbocycles. The van der Waals surface area contributed by atoms with Crippen LogP contribution in [0.2, 0.25) is 0 Å². The third-order valence-electron chi connectivity index (χ3n) is 4.39. The summed E-state index contributed by atoms with van der Waals surface area (Å²) in [6, 6.07) is 17.8. The van der Waals surface area contributed by atoms with E-state index < -0.39 is 0 Å². The third-order valence-corrected chi connectivity index (χ3v) is 4.39. The molecule has 2 heterocycles. The molecule has 0 aliphatic carbocycles. The molecular weight excluding hydrogens is 314 g/mol. The van der Waals surface area contributed by atoms with Crippen LogP contribution in [0.5, 0.6) is 5.75 Å². The lowest BCUT2D eigenvalue weighted by atomic mass is 10.1. The minimum atomic E-state index is 0.214. The van der Waals surface area contributed by atoms with Crippen molar-refractivity contribution in [1.29, 1.82) is 0 Å². The highest BCUT2D eigenvalue weighted by atomic mass is 16.5. The molecule has 1 saturated heterocycles. The SMILES string of the molecule is Nc1ccc(-c2cc(-c3cccc(OCC4CCCO4)c3)n[nH]2)cc1. The lowest BCUT2D eigenvalue weighted by Gasteiger charge is -2.11. The van der Waals surface area contributed by atoms with Crippen LogP contribution in [0.15, 0.2) is 54.6 Å². The van der Waals surface area contributed by atoms with Crippen LogP contribution in [0.3, 0.4) is 0 Å². The number of benzene rings is 2. The van der Waals surface area contributed by atoms with Gasteiger partial charge in [-0.15, -0.1) is 0 Å². The molecule has 25 heavy (non-hydrogen) atoms. The van der Waals surface area contributed by atoms with Gasteiger partial charge < -0.3 is 15.2 Å². The molecule has 2 aromatic carbocycles. The lowest BCUT2D eigenvalue weighted by Crippen LogP contribution is -2.16. The molecular formula is C20H21N3O2. The number of nitrogens with one attached hydrogen (secondary N) is 1. The van der Waals surface area contributed by atoms with E-state index in [0.717, 1.165) is 53.4 Å². The van der Waals surface area contributed by atoms with Gasteiger partial charge in [-0.1, -0.05) is 24.3 Å². The molecule has 0 radical (unpaired) electrons. The van der Waals surface area contributed by atoms with Crippen LogP contribution >= 0.6 is 0 Å². The van der Waals surface area contributed by atoms with Gasteiger partial charge in [-0.05, 0) is 48.7 Å². The second-order valence-electron chi connectivity index (χ2n) is 6.26. The maximum Gasteiger partial charge on any atom is 0.120 e. The first-order valence-electron chi connectivity index (χ1n) is 8.54. The zero-order chi connectivity index (χ0) is 17.1. The van der Waals surface area contributed by atoms with Crippen molar-refractivity contribution in [2.45, 2.75) is 18.9 Å². The second-order valence-corrected chi connectivity index (χ2v) is 6.26. The van der Waals surface area contributed by atoms with Crippen LogP contribution in [0.1, 0.15) is 12.8 Å². The Bertz CT molecular complexity index is 836. The fourth-order valence-corrected chi connectivity index (χ4v) is 2.99. The number of H-pyrrole nitrogens is 1. The molecule has 1 unspecified atom stereocenters. The molecule has 5 nitrogen and oxygen atoms in total. The Labute approximate surface area is 146 Å². The molecule has 5 heteroatoms. The molecule has 1 aliphatic heterocycles. The summed E-state index contributed by atoms with van der Waals surface area (Å²) in [5.74, 6) is 0.838. The van der Waals surface area contributed by atoms with Gasteiger partial charge in [0.2, 0.25) is 0 Å². The van der Waals surface area contributed by atoms with Crippen molar-refractivity contribution in [3.63, 3.8) is 0 Å². The Morgan fingerprint density at radius 2 is 2.00 bits per heavy atom. The van der Waals surface area contributed by atoms with E-state index in [1.165, 1.54) is 0 Å². The van der Waals surface area contributed by atoms with Crippen LogP contribution in [0.25, 0.3) is 22.5 Å². The Kier molecular flexibility index (Phi) is 4.39. The van der Waals surface area contributed by atoms with Gasteiger partial charge in [-0.3, -0.25) is 5.10 Å². The zero-order valence-corrected chi connectivity index (χ0v) is 13.9. The van der Waals surface area contributed by atoms with E-state index in [1.807, 2.05) is 54.6 Å². The first-order chi connectivity index (χ1) is 12.3. The Balaban J connectivity index is 1.49. The highest BCUT2D eigenvalue weighted by Gasteiger charge is 2.16. The number of anilines is 1. The number of hydrogen-bond acceptors (Lipinski definition) is 4. The number of nitrogens with zero attached hydrogens (tertiary/aromatic N) is 1. The Morgan fingerprint density at radius 3 is 2.80 bits per heavy atom. The highest BCUT2D eigenvalue weighted by Crippen LogP contribution is 2.27. The van der Waals surface area contributed by atoms with Crippen LogP contribution < -0.4 is 10.5 Å². The van der Waals surface area contributed by atoms with Crippen molar-refractivity contribution >= 4 is 5.69 Å². The fraction of sp³-hybridized carbons (Fsp3) is 0.250. The van der Waals surface area contributed by atoms with E-state index in [1.54, 1.807) is 0 Å². The summed E-state index contributed by atoms with van der Waals surface area (Å²) in [5, 5.41) is 7.51. The molecule has 1 aliphatic rings. The molecule has 1 atom stereocenters. The van der Waals surface area contributed by atoms with Gasteiger partial charge in [0.1, 0.15) is 12.4 Å². The number of nitrogens with two attached hydrogens (primary N) is 1. The van der Waals surface area contributed by atoms with Gasteiger partial charge in [0, 0.05) is 17.9 Å². The summed E-state index contributed by atoms with van der Waals surface area (Å²) in [5.41, 5.74) is 10.4. The van der Waals surface area contributed by atoms with Crippen LogP contribution in [-0.4, -0.2) is 29.5 Å². The standard InChI is InChI=1S/C20H21N3O2/c21-16-8-6-14(7-9-16)19-12-20(23-22-19)15-3-1-4-17(11-15)25-13-18-5-2-10-24-18/h1,3-4,6-9,11-12,18H,2,5,10,13,21H2,(H,22,23). The number of aromatic nitrogens is 2. The van der Waals surface area contributed by atoms with Crippen LogP contribution in [0.4, 0.5) is 5.69 Å². The van der Waals surface area contributed by atoms with E-state index in [4.69, 9.17) is 15.2 Å². The Morgan fingerprint density at radius 1 is 1.12 bits per heavy atom. The molecule has 4 rings (SSSR count). The van der Waals surface area contributed by atoms with Gasteiger partial charge in [-0.25, -0.2) is 0 Å². The van der Waals surface area contributed by atoms with Crippen LogP contribution in [0, 0.1) is 0 Å². The van der Waals surface area contributed by atoms with E-state index >= 15 is 0 Å². The summed E-state index contributed by atoms with van der Waals surface area (Å²) in [6.07, 6.45) is 2.41.